The zero-order chi connectivity index (χ0) is 14.2. The normalized spacial score (nSPS) is 10.7. The zero-order valence-corrected chi connectivity index (χ0v) is 12.7. The predicted octanol–water partition coefficient (Wildman–Crippen LogP) is 1.62. The Morgan fingerprint density at radius 3 is 2.63 bits per heavy atom. The molecule has 5 nitrogen and oxygen atoms in total. The van der Waals surface area contributed by atoms with E-state index in [1.165, 1.54) is 36.1 Å². The number of thiophene rings is 1. The molecule has 0 atom stereocenters. The average Bonchev–Trinajstić information content (AvgIpc) is 2.75. The van der Waals surface area contributed by atoms with Crippen LogP contribution in [0.25, 0.3) is 0 Å². The molecule has 7 heteroatoms. The monoisotopic (exact) mass is 342 g/mol. The van der Waals surface area contributed by atoms with E-state index in [4.69, 9.17) is 0 Å². The SMILES string of the molecule is CC(=O)c1cn(Cc2sccc2Br)c(=O)n(C)c1=O. The highest BCUT2D eigenvalue weighted by atomic mass is 79.9. The topological polar surface area (TPSA) is 61.1 Å². The van der Waals surface area contributed by atoms with Crippen LogP contribution >= 0.6 is 27.3 Å². The van der Waals surface area contributed by atoms with E-state index < -0.39 is 11.2 Å². The van der Waals surface area contributed by atoms with Crippen molar-refractivity contribution in [3.8, 4) is 0 Å². The number of ketones is 1. The maximum atomic E-state index is 12.0. The molecule has 2 heterocycles. The smallest absolute Gasteiger partial charge is 0.294 e. The second-order valence-electron chi connectivity index (χ2n) is 4.07. The van der Waals surface area contributed by atoms with Crippen LogP contribution in [-0.4, -0.2) is 14.9 Å². The Kier molecular flexibility index (Phi) is 3.86. The molecule has 19 heavy (non-hydrogen) atoms. The first-order valence-electron chi connectivity index (χ1n) is 5.45. The van der Waals surface area contributed by atoms with Crippen molar-refractivity contribution in [1.82, 2.24) is 9.13 Å². The summed E-state index contributed by atoms with van der Waals surface area (Å²) < 4.78 is 3.23. The molecule has 0 aliphatic carbocycles. The molecule has 0 saturated heterocycles. The maximum Gasteiger partial charge on any atom is 0.331 e. The molecule has 2 aromatic heterocycles. The van der Waals surface area contributed by atoms with Crippen LogP contribution in [0, 0.1) is 0 Å². The number of aromatic nitrogens is 2. The van der Waals surface area contributed by atoms with Crippen LogP contribution in [0.3, 0.4) is 0 Å². The Balaban J connectivity index is 2.59. The number of halogens is 1. The molecule has 0 unspecified atom stereocenters. The summed E-state index contributed by atoms with van der Waals surface area (Å²) in [5.41, 5.74) is -0.968. The van der Waals surface area contributed by atoms with Gasteiger partial charge in [-0.3, -0.25) is 18.7 Å². The summed E-state index contributed by atoms with van der Waals surface area (Å²) in [5, 5.41) is 1.90. The Bertz CT molecular complexity index is 757. The largest absolute Gasteiger partial charge is 0.331 e. The minimum Gasteiger partial charge on any atom is -0.294 e. The highest BCUT2D eigenvalue weighted by Gasteiger charge is 2.13. The molecular formula is C12H11BrN2O3S. The van der Waals surface area contributed by atoms with Gasteiger partial charge in [-0.2, -0.15) is 0 Å². The Morgan fingerprint density at radius 1 is 1.42 bits per heavy atom. The lowest BCUT2D eigenvalue weighted by Crippen LogP contribution is -2.40. The van der Waals surface area contributed by atoms with Crippen LogP contribution in [0.5, 0.6) is 0 Å². The number of Topliss-reactive ketones (excluding diaryl/α,β-unsaturated/α-hetero) is 1. The zero-order valence-electron chi connectivity index (χ0n) is 10.3. The summed E-state index contributed by atoms with van der Waals surface area (Å²) in [7, 11) is 1.37. The van der Waals surface area contributed by atoms with Crippen LogP contribution in [0.4, 0.5) is 0 Å². The summed E-state index contributed by atoms with van der Waals surface area (Å²) in [4.78, 5) is 36.2. The summed E-state index contributed by atoms with van der Waals surface area (Å²) in [6.45, 7) is 1.64. The van der Waals surface area contributed by atoms with E-state index in [9.17, 15) is 14.4 Å². The quantitative estimate of drug-likeness (QED) is 0.796. The fourth-order valence-electron chi connectivity index (χ4n) is 1.67. The van der Waals surface area contributed by atoms with Gasteiger partial charge in [0.05, 0.1) is 12.1 Å². The lowest BCUT2D eigenvalue weighted by atomic mass is 10.2. The third-order valence-corrected chi connectivity index (χ3v) is 4.65. The van der Waals surface area contributed by atoms with E-state index >= 15 is 0 Å². The maximum absolute atomic E-state index is 12.0. The van der Waals surface area contributed by atoms with Crippen molar-refractivity contribution in [3.05, 3.63) is 53.4 Å². The lowest BCUT2D eigenvalue weighted by molar-refractivity contribution is 0.101. The second kappa shape index (κ2) is 5.26. The summed E-state index contributed by atoms with van der Waals surface area (Å²) >= 11 is 4.89. The third-order valence-electron chi connectivity index (χ3n) is 2.74. The van der Waals surface area contributed by atoms with Crippen LogP contribution in [0.15, 0.2) is 31.7 Å². The van der Waals surface area contributed by atoms with Crippen molar-refractivity contribution in [2.75, 3.05) is 0 Å². The van der Waals surface area contributed by atoms with Gasteiger partial charge in [0.2, 0.25) is 0 Å². The minimum atomic E-state index is -0.556. The van der Waals surface area contributed by atoms with Crippen molar-refractivity contribution in [3.63, 3.8) is 0 Å². The number of carbonyl (C=O) groups excluding carboxylic acids is 1. The van der Waals surface area contributed by atoms with Crippen molar-refractivity contribution in [1.29, 1.82) is 0 Å². The van der Waals surface area contributed by atoms with Gasteiger partial charge < -0.3 is 0 Å². The molecule has 0 saturated carbocycles. The highest BCUT2D eigenvalue weighted by molar-refractivity contribution is 9.10. The molecule has 0 N–H and O–H groups in total. The molecule has 100 valence electrons. The molecule has 2 aromatic rings. The first-order valence-corrected chi connectivity index (χ1v) is 7.12. The first kappa shape index (κ1) is 14.0. The summed E-state index contributed by atoms with van der Waals surface area (Å²) in [6, 6.07) is 1.89. The number of hydrogen-bond acceptors (Lipinski definition) is 4. The van der Waals surface area contributed by atoms with Crippen LogP contribution in [0.2, 0.25) is 0 Å². The van der Waals surface area contributed by atoms with E-state index in [2.05, 4.69) is 15.9 Å². The van der Waals surface area contributed by atoms with E-state index in [0.29, 0.717) is 6.54 Å². The fraction of sp³-hybridized carbons (Fsp3) is 0.250. The van der Waals surface area contributed by atoms with Crippen molar-refractivity contribution < 1.29 is 4.79 Å². The van der Waals surface area contributed by atoms with E-state index in [-0.39, 0.29) is 11.3 Å². The molecule has 0 bridgehead atoms. The van der Waals surface area contributed by atoms with Crippen molar-refractivity contribution in [2.24, 2.45) is 7.05 Å². The van der Waals surface area contributed by atoms with Gasteiger partial charge in [0.25, 0.3) is 5.56 Å². The van der Waals surface area contributed by atoms with Crippen LogP contribution < -0.4 is 11.2 Å². The Hall–Kier alpha value is -1.47. The molecule has 0 fully saturated rings. The standard InChI is InChI=1S/C12H11BrN2O3S/c1-7(16)8-5-15(12(18)14(2)11(8)17)6-10-9(13)3-4-19-10/h3-5H,6H2,1-2H3. The highest BCUT2D eigenvalue weighted by Crippen LogP contribution is 2.22. The van der Waals surface area contributed by atoms with E-state index in [1.807, 2.05) is 11.4 Å². The van der Waals surface area contributed by atoms with Crippen molar-refractivity contribution >= 4 is 33.0 Å². The molecule has 0 aliphatic heterocycles. The average molecular weight is 343 g/mol. The molecule has 0 spiro atoms. The van der Waals surface area contributed by atoms with Gasteiger partial charge >= 0.3 is 5.69 Å². The molecule has 0 amide bonds. The van der Waals surface area contributed by atoms with Gasteiger partial charge in [-0.05, 0) is 34.3 Å². The number of hydrogen-bond donors (Lipinski definition) is 0. The van der Waals surface area contributed by atoms with Crippen molar-refractivity contribution in [2.45, 2.75) is 13.5 Å². The molecule has 0 aromatic carbocycles. The van der Waals surface area contributed by atoms with E-state index in [1.54, 1.807) is 0 Å². The Morgan fingerprint density at radius 2 is 2.11 bits per heavy atom. The third kappa shape index (κ3) is 2.62. The Labute approximate surface area is 121 Å². The van der Waals surface area contributed by atoms with Gasteiger partial charge in [-0.15, -0.1) is 11.3 Å². The number of carbonyl (C=O) groups is 1. The molecule has 2 rings (SSSR count). The minimum absolute atomic E-state index is 0.0229. The number of rotatable bonds is 3. The van der Waals surface area contributed by atoms with Gasteiger partial charge in [0.1, 0.15) is 0 Å². The first-order chi connectivity index (χ1) is 8.91. The van der Waals surface area contributed by atoms with Gasteiger partial charge in [0, 0.05) is 22.6 Å². The summed E-state index contributed by atoms with van der Waals surface area (Å²) in [5.74, 6) is -0.348. The van der Waals surface area contributed by atoms with E-state index in [0.717, 1.165) is 13.9 Å². The molecule has 0 radical (unpaired) electrons. The van der Waals surface area contributed by atoms with Gasteiger partial charge in [-0.25, -0.2) is 4.79 Å². The van der Waals surface area contributed by atoms with Gasteiger partial charge in [-0.1, -0.05) is 0 Å². The second-order valence-corrected chi connectivity index (χ2v) is 5.92. The van der Waals surface area contributed by atoms with Gasteiger partial charge in [0.15, 0.2) is 5.78 Å². The summed E-state index contributed by atoms with van der Waals surface area (Å²) in [6.07, 6.45) is 1.33. The molecule has 0 aliphatic rings. The fourth-order valence-corrected chi connectivity index (χ4v) is 3.15. The van der Waals surface area contributed by atoms with Crippen LogP contribution in [-0.2, 0) is 13.6 Å². The predicted molar refractivity (Wildman–Crippen MR) is 77.1 cm³/mol. The van der Waals surface area contributed by atoms with Crippen LogP contribution in [0.1, 0.15) is 22.2 Å². The lowest BCUT2D eigenvalue weighted by Gasteiger charge is -2.08. The molecular weight excluding hydrogens is 332 g/mol. The number of nitrogens with zero attached hydrogens (tertiary/aromatic N) is 2.